The van der Waals surface area contributed by atoms with Crippen molar-refractivity contribution >= 4 is 11.6 Å². The van der Waals surface area contributed by atoms with Crippen LogP contribution in [0.25, 0.3) is 0 Å². The van der Waals surface area contributed by atoms with E-state index in [9.17, 15) is 18.3 Å². The second kappa shape index (κ2) is 7.99. The van der Waals surface area contributed by atoms with Crippen LogP contribution in [0.3, 0.4) is 0 Å². The molecule has 1 aromatic carbocycles. The van der Waals surface area contributed by atoms with E-state index in [1.807, 2.05) is 6.92 Å². The Bertz CT molecular complexity index is 760. The molecule has 9 heteroatoms. The van der Waals surface area contributed by atoms with Crippen LogP contribution in [0.1, 0.15) is 18.2 Å². The van der Waals surface area contributed by atoms with Gasteiger partial charge in [0.1, 0.15) is 5.75 Å². The maximum atomic E-state index is 12.2. The van der Waals surface area contributed by atoms with Crippen LogP contribution in [0.4, 0.5) is 24.8 Å². The lowest BCUT2D eigenvalue weighted by molar-refractivity contribution is -0.274. The van der Waals surface area contributed by atoms with Gasteiger partial charge in [-0.1, -0.05) is 6.92 Å². The number of aryl methyl sites for hydroxylation is 1. The van der Waals surface area contributed by atoms with E-state index >= 15 is 0 Å². The minimum Gasteiger partial charge on any atom is -0.406 e. The van der Waals surface area contributed by atoms with Crippen LogP contribution in [-0.2, 0) is 13.0 Å². The fourth-order valence-corrected chi connectivity index (χ4v) is 3.05. The first kappa shape index (κ1) is 19.2. The summed E-state index contributed by atoms with van der Waals surface area (Å²) >= 11 is 0. The van der Waals surface area contributed by atoms with Crippen molar-refractivity contribution in [2.45, 2.75) is 26.3 Å². The van der Waals surface area contributed by atoms with Crippen molar-refractivity contribution < 1.29 is 23.0 Å². The summed E-state index contributed by atoms with van der Waals surface area (Å²) in [5.41, 5.74) is 2.42. The number of ether oxygens (including phenoxy) is 1. The standard InChI is InChI=1S/C18H21F3N4O2/c1-2-16-13(12-26)11-22-17(23-16)25-9-7-24(8-10-25)14-3-5-15(6-4-14)27-18(19,20)21/h3-6,11,26H,2,7-10,12H2,1H3. The highest BCUT2D eigenvalue weighted by molar-refractivity contribution is 5.51. The number of benzene rings is 1. The first-order valence-corrected chi connectivity index (χ1v) is 8.71. The third kappa shape index (κ3) is 4.79. The second-order valence-electron chi connectivity index (χ2n) is 6.17. The van der Waals surface area contributed by atoms with Crippen molar-refractivity contribution in [2.24, 2.45) is 0 Å². The van der Waals surface area contributed by atoms with Crippen LogP contribution in [0.5, 0.6) is 5.75 Å². The number of anilines is 2. The summed E-state index contributed by atoms with van der Waals surface area (Å²) in [6.07, 6.45) is -2.30. The molecular formula is C18H21F3N4O2. The van der Waals surface area contributed by atoms with E-state index < -0.39 is 6.36 Å². The van der Waals surface area contributed by atoms with Crippen LogP contribution in [-0.4, -0.2) is 47.6 Å². The Morgan fingerprint density at radius 1 is 1.07 bits per heavy atom. The molecule has 27 heavy (non-hydrogen) atoms. The molecule has 1 aliphatic heterocycles. The maximum Gasteiger partial charge on any atom is 0.573 e. The van der Waals surface area contributed by atoms with Gasteiger partial charge in [-0.05, 0) is 30.7 Å². The average molecular weight is 382 g/mol. The molecule has 0 atom stereocenters. The topological polar surface area (TPSA) is 61.7 Å². The Balaban J connectivity index is 1.62. The quantitative estimate of drug-likeness (QED) is 0.858. The molecule has 1 fully saturated rings. The van der Waals surface area contributed by atoms with Gasteiger partial charge in [0.05, 0.1) is 12.3 Å². The monoisotopic (exact) mass is 382 g/mol. The molecule has 0 aliphatic carbocycles. The highest BCUT2D eigenvalue weighted by Gasteiger charge is 2.31. The number of aliphatic hydroxyl groups excluding tert-OH is 1. The van der Waals surface area contributed by atoms with E-state index in [1.165, 1.54) is 12.1 Å². The molecule has 1 N–H and O–H groups in total. The zero-order valence-corrected chi connectivity index (χ0v) is 14.9. The van der Waals surface area contributed by atoms with Crippen molar-refractivity contribution in [1.29, 1.82) is 0 Å². The first-order valence-electron chi connectivity index (χ1n) is 8.71. The van der Waals surface area contributed by atoms with Crippen LogP contribution < -0.4 is 14.5 Å². The summed E-state index contributed by atoms with van der Waals surface area (Å²) < 4.78 is 40.6. The fraction of sp³-hybridized carbons (Fsp3) is 0.444. The van der Waals surface area contributed by atoms with E-state index in [2.05, 4.69) is 24.5 Å². The zero-order valence-electron chi connectivity index (χ0n) is 14.9. The molecule has 0 amide bonds. The van der Waals surface area contributed by atoms with Gasteiger partial charge in [-0.25, -0.2) is 9.97 Å². The third-order valence-electron chi connectivity index (χ3n) is 4.44. The van der Waals surface area contributed by atoms with Crippen molar-refractivity contribution in [3.05, 3.63) is 41.7 Å². The second-order valence-corrected chi connectivity index (χ2v) is 6.17. The lowest BCUT2D eigenvalue weighted by atomic mass is 10.2. The van der Waals surface area contributed by atoms with Gasteiger partial charge in [0.2, 0.25) is 5.95 Å². The van der Waals surface area contributed by atoms with Gasteiger partial charge >= 0.3 is 6.36 Å². The van der Waals surface area contributed by atoms with Gasteiger partial charge in [-0.2, -0.15) is 0 Å². The average Bonchev–Trinajstić information content (AvgIpc) is 2.67. The number of aromatic nitrogens is 2. The van der Waals surface area contributed by atoms with Crippen LogP contribution >= 0.6 is 0 Å². The highest BCUT2D eigenvalue weighted by Crippen LogP contribution is 2.26. The van der Waals surface area contributed by atoms with E-state index in [0.717, 1.165) is 23.4 Å². The van der Waals surface area contributed by atoms with E-state index in [1.54, 1.807) is 18.3 Å². The van der Waals surface area contributed by atoms with Gasteiger partial charge in [-0.15, -0.1) is 13.2 Å². The maximum absolute atomic E-state index is 12.2. The molecule has 0 unspecified atom stereocenters. The molecule has 2 heterocycles. The molecule has 0 bridgehead atoms. The Morgan fingerprint density at radius 2 is 1.70 bits per heavy atom. The predicted octanol–water partition coefficient (Wildman–Crippen LogP) is 2.76. The van der Waals surface area contributed by atoms with Gasteiger partial charge in [0.15, 0.2) is 0 Å². The van der Waals surface area contributed by atoms with Crippen molar-refractivity contribution in [3.63, 3.8) is 0 Å². The number of aliphatic hydroxyl groups is 1. The molecule has 6 nitrogen and oxygen atoms in total. The van der Waals surface area contributed by atoms with Crippen molar-refractivity contribution in [2.75, 3.05) is 36.0 Å². The lowest BCUT2D eigenvalue weighted by Gasteiger charge is -2.36. The van der Waals surface area contributed by atoms with Gasteiger partial charge in [0.25, 0.3) is 0 Å². The number of piperazine rings is 1. The largest absolute Gasteiger partial charge is 0.573 e. The summed E-state index contributed by atoms with van der Waals surface area (Å²) in [4.78, 5) is 13.0. The normalized spacial score (nSPS) is 15.1. The number of rotatable bonds is 5. The number of halogens is 3. The third-order valence-corrected chi connectivity index (χ3v) is 4.44. The predicted molar refractivity (Wildman–Crippen MR) is 94.9 cm³/mol. The smallest absolute Gasteiger partial charge is 0.406 e. The summed E-state index contributed by atoms with van der Waals surface area (Å²) in [5, 5.41) is 9.32. The van der Waals surface area contributed by atoms with Crippen molar-refractivity contribution in [1.82, 2.24) is 9.97 Å². The summed E-state index contributed by atoms with van der Waals surface area (Å²) in [6.45, 7) is 4.70. The van der Waals surface area contributed by atoms with Gasteiger partial charge in [-0.3, -0.25) is 0 Å². The Hall–Kier alpha value is -2.55. The molecule has 0 spiro atoms. The lowest BCUT2D eigenvalue weighted by Crippen LogP contribution is -2.47. The van der Waals surface area contributed by atoms with Crippen molar-refractivity contribution in [3.8, 4) is 5.75 Å². The van der Waals surface area contributed by atoms with Crippen LogP contribution in [0.2, 0.25) is 0 Å². The summed E-state index contributed by atoms with van der Waals surface area (Å²) in [7, 11) is 0. The fourth-order valence-electron chi connectivity index (χ4n) is 3.05. The molecule has 0 radical (unpaired) electrons. The van der Waals surface area contributed by atoms with Crippen LogP contribution in [0.15, 0.2) is 30.5 Å². The molecule has 3 rings (SSSR count). The summed E-state index contributed by atoms with van der Waals surface area (Å²) in [6, 6.07) is 5.88. The highest BCUT2D eigenvalue weighted by atomic mass is 19.4. The molecule has 0 saturated carbocycles. The number of alkyl halides is 3. The van der Waals surface area contributed by atoms with E-state index in [-0.39, 0.29) is 12.4 Å². The number of nitrogens with zero attached hydrogens (tertiary/aromatic N) is 4. The van der Waals surface area contributed by atoms with Gasteiger partial charge in [0, 0.05) is 43.6 Å². The molecule has 146 valence electrons. The minimum absolute atomic E-state index is 0.0781. The first-order chi connectivity index (χ1) is 12.9. The molecule has 1 saturated heterocycles. The van der Waals surface area contributed by atoms with E-state index in [4.69, 9.17) is 0 Å². The molecule has 2 aromatic rings. The SMILES string of the molecule is CCc1nc(N2CCN(c3ccc(OC(F)(F)F)cc3)CC2)ncc1CO. The Morgan fingerprint density at radius 3 is 2.26 bits per heavy atom. The Labute approximate surface area is 155 Å². The number of hydrogen-bond donors (Lipinski definition) is 1. The van der Waals surface area contributed by atoms with Crippen LogP contribution in [0, 0.1) is 0 Å². The Kier molecular flexibility index (Phi) is 5.69. The molecule has 1 aromatic heterocycles. The molecular weight excluding hydrogens is 361 g/mol. The minimum atomic E-state index is -4.68. The summed E-state index contributed by atoms with van der Waals surface area (Å²) in [5.74, 6) is 0.409. The zero-order chi connectivity index (χ0) is 19.4. The number of hydrogen-bond acceptors (Lipinski definition) is 6. The molecule has 1 aliphatic rings. The van der Waals surface area contributed by atoms with Gasteiger partial charge < -0.3 is 19.6 Å². The van der Waals surface area contributed by atoms with E-state index in [0.29, 0.717) is 32.1 Å².